The van der Waals surface area contributed by atoms with E-state index in [0.29, 0.717) is 24.3 Å². The molecule has 26 heavy (non-hydrogen) atoms. The SMILES string of the molecule is Cn1ccnc1[C@@H]1NC(=O)CC[C@H]1NC(=O)Cc1ccc2c(c1)OCO2. The quantitative estimate of drug-likeness (QED) is 0.846. The summed E-state index contributed by atoms with van der Waals surface area (Å²) in [7, 11) is 1.87. The van der Waals surface area contributed by atoms with Crippen LogP contribution in [0.5, 0.6) is 11.5 Å². The predicted octanol–water partition coefficient (Wildman–Crippen LogP) is 0.827. The number of carbonyl (C=O) groups excluding carboxylic acids is 2. The Bertz CT molecular complexity index is 847. The summed E-state index contributed by atoms with van der Waals surface area (Å²) in [6.07, 6.45) is 4.70. The van der Waals surface area contributed by atoms with Crippen molar-refractivity contribution < 1.29 is 19.1 Å². The number of ether oxygens (including phenoxy) is 2. The topological polar surface area (TPSA) is 94.5 Å². The number of imidazole rings is 1. The number of piperidine rings is 1. The van der Waals surface area contributed by atoms with E-state index in [1.807, 2.05) is 36.0 Å². The summed E-state index contributed by atoms with van der Waals surface area (Å²) in [5.41, 5.74) is 0.847. The van der Waals surface area contributed by atoms with Gasteiger partial charge in [0.15, 0.2) is 11.5 Å². The smallest absolute Gasteiger partial charge is 0.231 e. The number of aryl methyl sites for hydroxylation is 1. The molecule has 1 aromatic carbocycles. The van der Waals surface area contributed by atoms with Gasteiger partial charge in [0.1, 0.15) is 11.9 Å². The van der Waals surface area contributed by atoms with E-state index < -0.39 is 0 Å². The first-order chi connectivity index (χ1) is 12.6. The molecule has 1 saturated heterocycles. The van der Waals surface area contributed by atoms with Crippen LogP contribution in [-0.2, 0) is 23.1 Å². The first kappa shape index (κ1) is 16.4. The van der Waals surface area contributed by atoms with E-state index in [0.717, 1.165) is 11.4 Å². The van der Waals surface area contributed by atoms with Gasteiger partial charge in [-0.3, -0.25) is 9.59 Å². The summed E-state index contributed by atoms with van der Waals surface area (Å²) in [5, 5.41) is 5.98. The minimum Gasteiger partial charge on any atom is -0.454 e. The summed E-state index contributed by atoms with van der Waals surface area (Å²) >= 11 is 0. The second kappa shape index (κ2) is 6.70. The molecule has 2 aromatic rings. The summed E-state index contributed by atoms with van der Waals surface area (Å²) in [6, 6.07) is 4.95. The molecule has 2 amide bonds. The lowest BCUT2D eigenvalue weighted by Gasteiger charge is -2.32. The average Bonchev–Trinajstić information content (AvgIpc) is 3.24. The molecule has 2 aliphatic heterocycles. The maximum atomic E-state index is 12.5. The molecule has 0 bridgehead atoms. The molecule has 2 atom stereocenters. The van der Waals surface area contributed by atoms with Crippen molar-refractivity contribution in [2.45, 2.75) is 31.3 Å². The van der Waals surface area contributed by atoms with Crippen LogP contribution in [-0.4, -0.2) is 34.2 Å². The van der Waals surface area contributed by atoms with E-state index in [9.17, 15) is 9.59 Å². The van der Waals surface area contributed by atoms with Crippen LogP contribution in [0.15, 0.2) is 30.6 Å². The number of nitrogens with one attached hydrogen (secondary N) is 2. The van der Waals surface area contributed by atoms with Crippen LogP contribution < -0.4 is 20.1 Å². The van der Waals surface area contributed by atoms with Crippen molar-refractivity contribution in [2.24, 2.45) is 7.05 Å². The van der Waals surface area contributed by atoms with Gasteiger partial charge in [-0.15, -0.1) is 0 Å². The van der Waals surface area contributed by atoms with Crippen LogP contribution in [0.25, 0.3) is 0 Å². The van der Waals surface area contributed by atoms with Crippen molar-refractivity contribution in [3.63, 3.8) is 0 Å². The van der Waals surface area contributed by atoms with E-state index in [4.69, 9.17) is 9.47 Å². The third kappa shape index (κ3) is 3.22. The Morgan fingerprint density at radius 1 is 1.38 bits per heavy atom. The van der Waals surface area contributed by atoms with Gasteiger partial charge in [0.2, 0.25) is 18.6 Å². The Morgan fingerprint density at radius 2 is 2.23 bits per heavy atom. The van der Waals surface area contributed by atoms with Gasteiger partial charge >= 0.3 is 0 Å². The Morgan fingerprint density at radius 3 is 3.04 bits per heavy atom. The maximum Gasteiger partial charge on any atom is 0.231 e. The number of amides is 2. The van der Waals surface area contributed by atoms with E-state index >= 15 is 0 Å². The number of nitrogens with zero attached hydrogens (tertiary/aromatic N) is 2. The van der Waals surface area contributed by atoms with E-state index in [2.05, 4.69) is 15.6 Å². The largest absolute Gasteiger partial charge is 0.454 e. The minimum atomic E-state index is -0.336. The van der Waals surface area contributed by atoms with Crippen LogP contribution in [0.1, 0.15) is 30.3 Å². The summed E-state index contributed by atoms with van der Waals surface area (Å²) < 4.78 is 12.5. The molecule has 4 rings (SSSR count). The lowest BCUT2D eigenvalue weighted by atomic mass is 9.96. The van der Waals surface area contributed by atoms with Crippen molar-refractivity contribution in [1.82, 2.24) is 20.2 Å². The van der Waals surface area contributed by atoms with Gasteiger partial charge in [0, 0.05) is 25.9 Å². The Balaban J connectivity index is 1.45. The second-order valence-electron chi connectivity index (χ2n) is 6.52. The molecular formula is C18H20N4O4. The Hall–Kier alpha value is -3.03. The standard InChI is InChI=1S/C18H20N4O4/c1-22-7-6-19-18(22)17-12(3-5-15(23)21-17)20-16(24)9-11-2-4-13-14(8-11)26-10-25-13/h2,4,6-8,12,17H,3,5,9-10H2,1H3,(H,20,24)(H,21,23)/t12-,17-/m1/s1. The fourth-order valence-electron chi connectivity index (χ4n) is 3.37. The number of benzene rings is 1. The van der Waals surface area contributed by atoms with Crippen molar-refractivity contribution in [1.29, 1.82) is 0 Å². The van der Waals surface area contributed by atoms with E-state index in [-0.39, 0.29) is 37.1 Å². The first-order valence-corrected chi connectivity index (χ1v) is 8.54. The van der Waals surface area contributed by atoms with Crippen LogP contribution in [0.4, 0.5) is 0 Å². The number of carbonyl (C=O) groups is 2. The van der Waals surface area contributed by atoms with Crippen LogP contribution in [0.2, 0.25) is 0 Å². The van der Waals surface area contributed by atoms with Crippen molar-refractivity contribution in [2.75, 3.05) is 6.79 Å². The summed E-state index contributed by atoms with van der Waals surface area (Å²) in [5.74, 6) is 1.94. The highest BCUT2D eigenvalue weighted by Gasteiger charge is 2.33. The highest BCUT2D eigenvalue weighted by molar-refractivity contribution is 5.81. The lowest BCUT2D eigenvalue weighted by Crippen LogP contribution is -2.51. The summed E-state index contributed by atoms with van der Waals surface area (Å²) in [6.45, 7) is 0.206. The second-order valence-corrected chi connectivity index (χ2v) is 6.52. The molecule has 136 valence electrons. The first-order valence-electron chi connectivity index (χ1n) is 8.54. The fourth-order valence-corrected chi connectivity index (χ4v) is 3.37. The average molecular weight is 356 g/mol. The minimum absolute atomic E-state index is 0.0285. The molecule has 2 N–H and O–H groups in total. The van der Waals surface area contributed by atoms with Crippen molar-refractivity contribution in [3.8, 4) is 11.5 Å². The number of hydrogen-bond acceptors (Lipinski definition) is 5. The molecule has 0 saturated carbocycles. The lowest BCUT2D eigenvalue weighted by molar-refractivity contribution is -0.127. The van der Waals surface area contributed by atoms with Gasteiger partial charge in [-0.2, -0.15) is 0 Å². The maximum absolute atomic E-state index is 12.5. The normalized spacial score (nSPS) is 21.3. The molecule has 8 heteroatoms. The molecule has 0 spiro atoms. The molecule has 3 heterocycles. The molecule has 1 fully saturated rings. The molecule has 2 aliphatic rings. The monoisotopic (exact) mass is 356 g/mol. The third-order valence-electron chi connectivity index (χ3n) is 4.69. The summed E-state index contributed by atoms with van der Waals surface area (Å²) in [4.78, 5) is 28.7. The zero-order chi connectivity index (χ0) is 18.1. The van der Waals surface area contributed by atoms with Crippen LogP contribution in [0.3, 0.4) is 0 Å². The number of aromatic nitrogens is 2. The van der Waals surface area contributed by atoms with Crippen LogP contribution in [0, 0.1) is 0 Å². The van der Waals surface area contributed by atoms with Crippen molar-refractivity contribution in [3.05, 3.63) is 42.0 Å². The molecule has 1 aromatic heterocycles. The number of fused-ring (bicyclic) bond motifs is 1. The Kier molecular flexibility index (Phi) is 4.24. The predicted molar refractivity (Wildman–Crippen MR) is 91.5 cm³/mol. The van der Waals surface area contributed by atoms with E-state index in [1.165, 1.54) is 0 Å². The molecular weight excluding hydrogens is 336 g/mol. The molecule has 8 nitrogen and oxygen atoms in total. The fraction of sp³-hybridized carbons (Fsp3) is 0.389. The van der Waals surface area contributed by atoms with E-state index in [1.54, 1.807) is 6.20 Å². The van der Waals surface area contributed by atoms with Gasteiger partial charge < -0.3 is 24.7 Å². The third-order valence-corrected chi connectivity index (χ3v) is 4.69. The zero-order valence-corrected chi connectivity index (χ0v) is 14.4. The van der Waals surface area contributed by atoms with Gasteiger partial charge in [-0.05, 0) is 24.1 Å². The highest BCUT2D eigenvalue weighted by atomic mass is 16.7. The van der Waals surface area contributed by atoms with Gasteiger partial charge in [0.05, 0.1) is 12.5 Å². The Labute approximate surface area is 150 Å². The molecule has 0 radical (unpaired) electrons. The molecule has 0 unspecified atom stereocenters. The molecule has 0 aliphatic carbocycles. The van der Waals surface area contributed by atoms with Crippen molar-refractivity contribution >= 4 is 11.8 Å². The van der Waals surface area contributed by atoms with Gasteiger partial charge in [-0.25, -0.2) is 4.98 Å². The van der Waals surface area contributed by atoms with Crippen LogP contribution >= 0.6 is 0 Å². The number of hydrogen-bond donors (Lipinski definition) is 2. The van der Waals surface area contributed by atoms with Gasteiger partial charge in [-0.1, -0.05) is 6.07 Å². The number of rotatable bonds is 4. The zero-order valence-electron chi connectivity index (χ0n) is 14.4. The highest BCUT2D eigenvalue weighted by Crippen LogP contribution is 2.32. The van der Waals surface area contributed by atoms with Gasteiger partial charge in [0.25, 0.3) is 0 Å².